The minimum atomic E-state index is -0.402. The lowest BCUT2D eigenvalue weighted by Crippen LogP contribution is -2.32. The molecule has 0 unspecified atom stereocenters. The van der Waals surface area contributed by atoms with Gasteiger partial charge in [0.1, 0.15) is 17.0 Å². The van der Waals surface area contributed by atoms with E-state index >= 15 is 0 Å². The number of nitrogens with zero attached hydrogens (tertiary/aromatic N) is 1. The Labute approximate surface area is 227 Å². The molecule has 0 spiro atoms. The molecule has 37 heavy (non-hydrogen) atoms. The lowest BCUT2D eigenvalue weighted by molar-refractivity contribution is -0.115. The summed E-state index contributed by atoms with van der Waals surface area (Å²) in [7, 11) is 0. The largest absolute Gasteiger partial charge is 0.457 e. The van der Waals surface area contributed by atoms with Crippen LogP contribution in [0.5, 0.6) is 0 Å². The number of benzene rings is 3. The highest BCUT2D eigenvalue weighted by molar-refractivity contribution is 7.80. The molecule has 184 valence electrons. The van der Waals surface area contributed by atoms with Crippen LogP contribution in [0.4, 0.5) is 5.69 Å². The molecule has 2 aromatic heterocycles. The number of rotatable bonds is 5. The predicted molar refractivity (Wildman–Crippen MR) is 152 cm³/mol. The molecule has 3 aromatic carbocycles. The van der Waals surface area contributed by atoms with Crippen LogP contribution in [0.15, 0.2) is 87.7 Å². The summed E-state index contributed by atoms with van der Waals surface area (Å²) in [6.07, 6.45) is 2.91. The summed E-state index contributed by atoms with van der Waals surface area (Å²) in [4.78, 5) is 16.9. The van der Waals surface area contributed by atoms with Gasteiger partial charge in [-0.2, -0.15) is 0 Å². The number of carbonyl (C=O) groups is 1. The molecule has 6 nitrogen and oxygen atoms in total. The van der Waals surface area contributed by atoms with Gasteiger partial charge >= 0.3 is 0 Å². The van der Waals surface area contributed by atoms with Crippen molar-refractivity contribution in [1.29, 1.82) is 0 Å². The van der Waals surface area contributed by atoms with Crippen molar-refractivity contribution in [3.05, 3.63) is 100 Å². The second-order valence-corrected chi connectivity index (χ2v) is 9.40. The van der Waals surface area contributed by atoms with Crippen LogP contribution in [0, 0.1) is 6.92 Å². The molecule has 5 aromatic rings. The van der Waals surface area contributed by atoms with Crippen molar-refractivity contribution in [2.24, 2.45) is 0 Å². The van der Waals surface area contributed by atoms with Gasteiger partial charge in [-0.3, -0.25) is 10.1 Å². The van der Waals surface area contributed by atoms with Crippen molar-refractivity contribution in [3.63, 3.8) is 0 Å². The second kappa shape index (κ2) is 10.6. The molecule has 0 saturated carbocycles. The van der Waals surface area contributed by atoms with Crippen LogP contribution in [-0.2, 0) is 4.79 Å². The number of hydrogen-bond acceptors (Lipinski definition) is 5. The number of amides is 1. The summed E-state index contributed by atoms with van der Waals surface area (Å²) in [6.45, 7) is 1.94. The van der Waals surface area contributed by atoms with Crippen molar-refractivity contribution in [1.82, 2.24) is 10.3 Å². The van der Waals surface area contributed by atoms with Crippen molar-refractivity contribution < 1.29 is 13.6 Å². The van der Waals surface area contributed by atoms with Crippen molar-refractivity contribution in [2.75, 3.05) is 5.32 Å². The van der Waals surface area contributed by atoms with Gasteiger partial charge in [0.15, 0.2) is 10.7 Å². The van der Waals surface area contributed by atoms with Gasteiger partial charge in [-0.25, -0.2) is 4.98 Å². The molecule has 0 bridgehead atoms. The Balaban J connectivity index is 1.20. The number of oxazole rings is 1. The fourth-order valence-electron chi connectivity index (χ4n) is 3.54. The zero-order chi connectivity index (χ0) is 25.9. The zero-order valence-corrected chi connectivity index (χ0v) is 21.7. The molecule has 0 aliphatic heterocycles. The van der Waals surface area contributed by atoms with E-state index in [4.69, 9.17) is 44.3 Å². The number of fused-ring (bicyclic) bond motifs is 1. The summed E-state index contributed by atoms with van der Waals surface area (Å²) in [5.41, 5.74) is 4.59. The van der Waals surface area contributed by atoms with Crippen LogP contribution in [0.1, 0.15) is 11.3 Å². The number of carbonyl (C=O) groups excluding carboxylic acids is 1. The molecular weight excluding hydrogens is 529 g/mol. The number of aromatic nitrogens is 1. The first kappa shape index (κ1) is 24.8. The Hall–Kier alpha value is -3.91. The summed E-state index contributed by atoms with van der Waals surface area (Å²) in [5.74, 6) is 1.26. The van der Waals surface area contributed by atoms with E-state index in [9.17, 15) is 4.79 Å². The van der Waals surface area contributed by atoms with Crippen molar-refractivity contribution in [2.45, 2.75) is 6.92 Å². The number of halogens is 2. The predicted octanol–water partition coefficient (Wildman–Crippen LogP) is 7.90. The van der Waals surface area contributed by atoms with Crippen LogP contribution in [0.25, 0.3) is 40.0 Å². The van der Waals surface area contributed by atoms with Crippen LogP contribution in [0.2, 0.25) is 10.0 Å². The Kier molecular flexibility index (Phi) is 7.10. The molecule has 5 rings (SSSR count). The summed E-state index contributed by atoms with van der Waals surface area (Å²) in [5, 5.41) is 7.04. The van der Waals surface area contributed by atoms with E-state index in [2.05, 4.69) is 15.6 Å². The number of nitrogens with one attached hydrogen (secondary N) is 2. The molecular formula is C28H19Cl2N3O3S. The van der Waals surface area contributed by atoms with Gasteiger partial charge in [0.25, 0.3) is 0 Å². The third-order valence-electron chi connectivity index (χ3n) is 5.46. The topological polar surface area (TPSA) is 80.3 Å². The van der Waals surface area contributed by atoms with Crippen LogP contribution >= 0.6 is 35.4 Å². The second-order valence-electron chi connectivity index (χ2n) is 8.15. The highest BCUT2D eigenvalue weighted by Gasteiger charge is 2.10. The fourth-order valence-corrected chi connectivity index (χ4v) is 4.06. The standard InChI is InChI=1S/C28H19Cl2N3O3S/c1-16-2-3-18(14-22(16)30)24-12-9-21(35-24)10-13-26(34)33-28(37)31-20-8-11-25-23(15-20)32-27(36-25)17-4-6-19(29)7-5-17/h2-15H,1H3,(H2,31,33,34,37)/b13-10+. The molecule has 1 amide bonds. The van der Waals surface area contributed by atoms with Gasteiger partial charge in [-0.05, 0) is 91.4 Å². The Morgan fingerprint density at radius 3 is 2.51 bits per heavy atom. The first-order valence-corrected chi connectivity index (χ1v) is 12.3. The van der Waals surface area contributed by atoms with Crippen molar-refractivity contribution >= 4 is 69.3 Å². The minimum absolute atomic E-state index is 0.143. The van der Waals surface area contributed by atoms with Crippen LogP contribution < -0.4 is 10.6 Å². The van der Waals surface area contributed by atoms with E-state index in [1.807, 2.05) is 43.3 Å². The molecule has 0 fully saturated rings. The number of anilines is 1. The van der Waals surface area contributed by atoms with Crippen molar-refractivity contribution in [3.8, 4) is 22.8 Å². The average Bonchev–Trinajstić information content (AvgIpc) is 3.52. The molecule has 9 heteroatoms. The first-order chi connectivity index (χ1) is 17.8. The van der Waals surface area contributed by atoms with Crippen LogP contribution in [-0.4, -0.2) is 16.0 Å². The first-order valence-electron chi connectivity index (χ1n) is 11.2. The SMILES string of the molecule is Cc1ccc(-c2ccc(/C=C/C(=O)NC(=S)Nc3ccc4oc(-c5ccc(Cl)cc5)nc4c3)o2)cc1Cl. The van der Waals surface area contributed by atoms with E-state index in [1.54, 1.807) is 42.5 Å². The van der Waals surface area contributed by atoms with E-state index in [0.29, 0.717) is 44.2 Å². The molecule has 0 radical (unpaired) electrons. The van der Waals surface area contributed by atoms with Crippen LogP contribution in [0.3, 0.4) is 0 Å². The Morgan fingerprint density at radius 1 is 0.946 bits per heavy atom. The maximum absolute atomic E-state index is 12.4. The van der Waals surface area contributed by atoms with E-state index in [0.717, 1.165) is 16.7 Å². The lowest BCUT2D eigenvalue weighted by Gasteiger charge is -2.07. The summed E-state index contributed by atoms with van der Waals surface area (Å²) < 4.78 is 11.6. The Morgan fingerprint density at radius 2 is 1.73 bits per heavy atom. The van der Waals surface area contributed by atoms with Gasteiger partial charge in [-0.1, -0.05) is 35.3 Å². The quantitative estimate of drug-likeness (QED) is 0.172. The third-order valence-corrected chi connectivity index (χ3v) is 6.32. The molecule has 0 aliphatic rings. The molecule has 0 saturated heterocycles. The number of aryl methyl sites for hydroxylation is 1. The fraction of sp³-hybridized carbons (Fsp3) is 0.0357. The smallest absolute Gasteiger partial charge is 0.250 e. The van der Waals surface area contributed by atoms with E-state index in [1.165, 1.54) is 6.08 Å². The lowest BCUT2D eigenvalue weighted by atomic mass is 10.1. The number of furan rings is 1. The normalized spacial score (nSPS) is 11.2. The van der Waals surface area contributed by atoms with Gasteiger partial charge < -0.3 is 14.2 Å². The van der Waals surface area contributed by atoms with Gasteiger partial charge in [0.2, 0.25) is 11.8 Å². The summed E-state index contributed by atoms with van der Waals surface area (Å²) in [6, 6.07) is 21.9. The van der Waals surface area contributed by atoms with Gasteiger partial charge in [-0.15, -0.1) is 0 Å². The van der Waals surface area contributed by atoms with Gasteiger partial charge in [0.05, 0.1) is 0 Å². The maximum atomic E-state index is 12.4. The van der Waals surface area contributed by atoms with E-state index in [-0.39, 0.29) is 5.11 Å². The third kappa shape index (κ3) is 5.91. The molecule has 0 aliphatic carbocycles. The summed E-state index contributed by atoms with van der Waals surface area (Å²) >= 11 is 17.4. The minimum Gasteiger partial charge on any atom is -0.457 e. The molecule has 0 atom stereocenters. The monoisotopic (exact) mass is 547 g/mol. The van der Waals surface area contributed by atoms with Gasteiger partial charge in [0, 0.05) is 32.9 Å². The highest BCUT2D eigenvalue weighted by atomic mass is 35.5. The van der Waals surface area contributed by atoms with E-state index < -0.39 is 5.91 Å². The highest BCUT2D eigenvalue weighted by Crippen LogP contribution is 2.28. The maximum Gasteiger partial charge on any atom is 0.250 e. The number of thiocarbonyl (C=S) groups is 1. The molecule has 2 N–H and O–H groups in total. The number of hydrogen-bond donors (Lipinski definition) is 2. The zero-order valence-electron chi connectivity index (χ0n) is 19.4. The Bertz CT molecular complexity index is 1660. The molecule has 2 heterocycles. The average molecular weight is 548 g/mol.